The highest BCUT2D eigenvalue weighted by molar-refractivity contribution is 6.38. The van der Waals surface area contributed by atoms with Crippen molar-refractivity contribution in [1.29, 1.82) is 5.26 Å². The highest BCUT2D eigenvalue weighted by Gasteiger charge is 2.26. The maximum absolute atomic E-state index is 13.5. The van der Waals surface area contributed by atoms with Crippen LogP contribution in [0.2, 0.25) is 10.0 Å². The summed E-state index contributed by atoms with van der Waals surface area (Å²) >= 11 is 12.7. The third-order valence-electron chi connectivity index (χ3n) is 5.74. The summed E-state index contributed by atoms with van der Waals surface area (Å²) in [5.41, 5.74) is 0.912. The predicted molar refractivity (Wildman–Crippen MR) is 137 cm³/mol. The molecular formula is C27H26Cl2N2O4. The maximum atomic E-state index is 13.5. The fourth-order valence-corrected chi connectivity index (χ4v) is 4.34. The minimum absolute atomic E-state index is 0.00770. The van der Waals surface area contributed by atoms with Crippen LogP contribution >= 0.6 is 23.2 Å². The second-order valence-corrected chi connectivity index (χ2v) is 9.16. The molecule has 0 atom stereocenters. The van der Waals surface area contributed by atoms with Crippen LogP contribution in [-0.4, -0.2) is 22.1 Å². The summed E-state index contributed by atoms with van der Waals surface area (Å²) in [6, 6.07) is 12.1. The Bertz CT molecular complexity index is 1330. The van der Waals surface area contributed by atoms with Crippen LogP contribution in [-0.2, 0) is 6.54 Å². The number of halogens is 2. The summed E-state index contributed by atoms with van der Waals surface area (Å²) in [5.74, 6) is -0.858. The van der Waals surface area contributed by atoms with E-state index < -0.39 is 17.2 Å². The van der Waals surface area contributed by atoms with E-state index in [1.54, 1.807) is 0 Å². The van der Waals surface area contributed by atoms with Crippen molar-refractivity contribution in [2.24, 2.45) is 0 Å². The molecule has 3 aromatic rings. The molecule has 0 unspecified atom stereocenters. The van der Waals surface area contributed by atoms with Gasteiger partial charge in [0.05, 0.1) is 28.8 Å². The number of unbranched alkanes of at least 4 members (excludes halogenated alkanes) is 2. The van der Waals surface area contributed by atoms with E-state index in [1.165, 1.54) is 19.1 Å². The summed E-state index contributed by atoms with van der Waals surface area (Å²) in [6.45, 7) is 5.90. The molecule has 0 aliphatic carbocycles. The number of nitriles is 1. The second kappa shape index (κ2) is 11.4. The number of pyridine rings is 1. The molecule has 0 saturated heterocycles. The third-order valence-corrected chi connectivity index (χ3v) is 6.30. The molecule has 0 spiro atoms. The molecule has 6 nitrogen and oxygen atoms in total. The van der Waals surface area contributed by atoms with Crippen molar-refractivity contribution in [2.75, 3.05) is 6.61 Å². The van der Waals surface area contributed by atoms with Gasteiger partial charge < -0.3 is 9.84 Å². The van der Waals surface area contributed by atoms with Crippen molar-refractivity contribution >= 4 is 29.0 Å². The maximum Gasteiger partial charge on any atom is 0.271 e. The predicted octanol–water partition coefficient (Wildman–Crippen LogP) is 6.20. The first-order valence-electron chi connectivity index (χ1n) is 11.3. The van der Waals surface area contributed by atoms with Gasteiger partial charge in [0, 0.05) is 5.56 Å². The van der Waals surface area contributed by atoms with Gasteiger partial charge in [-0.15, -0.1) is 0 Å². The molecule has 1 N–H and O–H groups in total. The molecule has 1 heterocycles. The van der Waals surface area contributed by atoms with Crippen molar-refractivity contribution in [3.05, 3.63) is 90.2 Å². The van der Waals surface area contributed by atoms with Crippen molar-refractivity contribution in [1.82, 2.24) is 4.57 Å². The van der Waals surface area contributed by atoms with Crippen molar-refractivity contribution in [2.45, 2.75) is 46.6 Å². The van der Waals surface area contributed by atoms with Gasteiger partial charge in [-0.05, 0) is 43.5 Å². The fraction of sp³-hybridized carbons (Fsp3) is 0.296. The van der Waals surface area contributed by atoms with Gasteiger partial charge in [-0.1, -0.05) is 72.8 Å². The van der Waals surface area contributed by atoms with Gasteiger partial charge in [-0.2, -0.15) is 5.26 Å². The van der Waals surface area contributed by atoms with E-state index in [4.69, 9.17) is 27.9 Å². The smallest absolute Gasteiger partial charge is 0.271 e. The Balaban J connectivity index is 2.05. The van der Waals surface area contributed by atoms with E-state index >= 15 is 0 Å². The largest absolute Gasteiger partial charge is 0.494 e. The summed E-state index contributed by atoms with van der Waals surface area (Å²) in [4.78, 5) is 26.4. The number of carbonyl (C=O) groups excluding carboxylic acids is 1. The second-order valence-electron chi connectivity index (χ2n) is 8.34. The highest BCUT2D eigenvalue weighted by atomic mass is 35.5. The molecule has 35 heavy (non-hydrogen) atoms. The number of aryl methyl sites for hydroxylation is 1. The van der Waals surface area contributed by atoms with Gasteiger partial charge >= 0.3 is 0 Å². The van der Waals surface area contributed by atoms with Crippen molar-refractivity contribution in [3.8, 4) is 17.7 Å². The molecule has 0 aliphatic rings. The number of ether oxygens (including phenoxy) is 1. The summed E-state index contributed by atoms with van der Waals surface area (Å²) in [6.07, 6.45) is 2.89. The number of ketones is 1. The number of aromatic hydroxyl groups is 1. The van der Waals surface area contributed by atoms with Crippen LogP contribution in [0, 0.1) is 25.2 Å². The SMILES string of the molecule is CCCCCOc1c(Cl)cc(C(=O)c2c(C)c(C#N)c(=O)n(Cc3ccc(C)cc3)c2O)cc1Cl. The molecule has 2 aromatic carbocycles. The first-order chi connectivity index (χ1) is 16.7. The average Bonchev–Trinajstić information content (AvgIpc) is 2.82. The van der Waals surface area contributed by atoms with E-state index in [1.807, 2.05) is 37.3 Å². The molecule has 3 rings (SSSR count). The molecule has 0 fully saturated rings. The summed E-state index contributed by atoms with van der Waals surface area (Å²) in [7, 11) is 0. The minimum Gasteiger partial charge on any atom is -0.494 e. The Hall–Kier alpha value is -3.27. The molecule has 8 heteroatoms. The van der Waals surface area contributed by atoms with Gasteiger partial charge in [-0.3, -0.25) is 14.2 Å². The number of nitrogens with zero attached hydrogens (tertiary/aromatic N) is 2. The van der Waals surface area contributed by atoms with E-state index in [2.05, 4.69) is 6.92 Å². The van der Waals surface area contributed by atoms with E-state index in [-0.39, 0.29) is 44.6 Å². The van der Waals surface area contributed by atoms with Crippen LogP contribution in [0.3, 0.4) is 0 Å². The van der Waals surface area contributed by atoms with Crippen LogP contribution in [0.1, 0.15) is 64.4 Å². The summed E-state index contributed by atoms with van der Waals surface area (Å²) in [5, 5.41) is 21.0. The highest BCUT2D eigenvalue weighted by Crippen LogP contribution is 2.36. The average molecular weight is 513 g/mol. The Kier molecular flexibility index (Phi) is 8.61. The molecule has 1 aromatic heterocycles. The van der Waals surface area contributed by atoms with Crippen LogP contribution in [0.5, 0.6) is 11.6 Å². The number of rotatable bonds is 9. The fourth-order valence-electron chi connectivity index (χ4n) is 3.74. The van der Waals surface area contributed by atoms with Crippen LogP contribution in [0.4, 0.5) is 0 Å². The Morgan fingerprint density at radius 1 is 1.11 bits per heavy atom. The van der Waals surface area contributed by atoms with Gasteiger partial charge in [0.1, 0.15) is 11.6 Å². The van der Waals surface area contributed by atoms with E-state index in [0.29, 0.717) is 6.61 Å². The molecule has 0 saturated carbocycles. The van der Waals surface area contributed by atoms with Crippen LogP contribution < -0.4 is 10.3 Å². The van der Waals surface area contributed by atoms with Gasteiger partial charge in [-0.25, -0.2) is 0 Å². The van der Waals surface area contributed by atoms with E-state index in [9.17, 15) is 20.0 Å². The lowest BCUT2D eigenvalue weighted by atomic mass is 9.97. The Labute approximate surface area is 214 Å². The number of benzene rings is 2. The van der Waals surface area contributed by atoms with Gasteiger partial charge in [0.15, 0.2) is 11.5 Å². The zero-order valence-electron chi connectivity index (χ0n) is 19.8. The number of hydrogen-bond acceptors (Lipinski definition) is 5. The lowest BCUT2D eigenvalue weighted by molar-refractivity contribution is 0.103. The third kappa shape index (κ3) is 5.70. The number of carbonyl (C=O) groups is 1. The lowest BCUT2D eigenvalue weighted by Gasteiger charge is -2.17. The Morgan fingerprint density at radius 2 is 1.74 bits per heavy atom. The molecule has 0 amide bonds. The first-order valence-corrected chi connectivity index (χ1v) is 12.0. The molecule has 0 aliphatic heterocycles. The lowest BCUT2D eigenvalue weighted by Crippen LogP contribution is -2.27. The molecule has 182 valence electrons. The standard InChI is InChI=1S/C27H26Cl2N2O4/c1-4-5-6-11-35-25-21(28)12-19(13-22(25)29)24(32)23-17(3)20(14-30)26(33)31(27(23)34)15-18-9-7-16(2)8-10-18/h7-10,12-13,34H,4-6,11,15H2,1-3H3. The topological polar surface area (TPSA) is 92.3 Å². The van der Waals surface area contributed by atoms with Crippen molar-refractivity contribution in [3.63, 3.8) is 0 Å². The van der Waals surface area contributed by atoms with Gasteiger partial charge in [0.25, 0.3) is 5.56 Å². The molecule has 0 radical (unpaired) electrons. The Morgan fingerprint density at radius 3 is 2.31 bits per heavy atom. The van der Waals surface area contributed by atoms with Gasteiger partial charge in [0.2, 0.25) is 5.88 Å². The zero-order chi connectivity index (χ0) is 25.7. The molecular weight excluding hydrogens is 487 g/mol. The van der Waals surface area contributed by atoms with E-state index in [0.717, 1.165) is 35.0 Å². The minimum atomic E-state index is -0.675. The van der Waals surface area contributed by atoms with Crippen LogP contribution in [0.15, 0.2) is 41.2 Å². The quantitative estimate of drug-likeness (QED) is 0.272. The normalized spacial score (nSPS) is 10.7. The number of hydrogen-bond donors (Lipinski definition) is 1. The number of aromatic nitrogens is 1. The summed E-state index contributed by atoms with van der Waals surface area (Å²) < 4.78 is 6.72. The zero-order valence-corrected chi connectivity index (χ0v) is 21.3. The first kappa shape index (κ1) is 26.3. The monoisotopic (exact) mass is 512 g/mol. The van der Waals surface area contributed by atoms with Crippen LogP contribution in [0.25, 0.3) is 0 Å². The molecule has 0 bridgehead atoms. The van der Waals surface area contributed by atoms with Crippen molar-refractivity contribution < 1.29 is 14.6 Å².